The Hall–Kier alpha value is -1.09. The van der Waals surface area contributed by atoms with Gasteiger partial charge in [0.2, 0.25) is 0 Å². The van der Waals surface area contributed by atoms with Crippen LogP contribution in [0.1, 0.15) is 31.7 Å². The second-order valence-electron chi connectivity index (χ2n) is 5.65. The molecule has 0 atom stereocenters. The van der Waals surface area contributed by atoms with E-state index in [2.05, 4.69) is 41.6 Å². The minimum atomic E-state index is 0.454. The predicted octanol–water partition coefficient (Wildman–Crippen LogP) is 4.20. The highest BCUT2D eigenvalue weighted by Crippen LogP contribution is 2.42. The van der Waals surface area contributed by atoms with Gasteiger partial charge in [-0.2, -0.15) is 0 Å². The lowest BCUT2D eigenvalue weighted by Gasteiger charge is -2.38. The first-order valence-corrected chi connectivity index (χ1v) is 6.68. The highest BCUT2D eigenvalue weighted by molar-refractivity contribution is 7.71. The van der Waals surface area contributed by atoms with Crippen LogP contribution in [0.5, 0.6) is 0 Å². The summed E-state index contributed by atoms with van der Waals surface area (Å²) in [7, 11) is 0. The number of aromatic amines is 1. The number of aromatic nitrogens is 2. The maximum Gasteiger partial charge on any atom is 0.178 e. The quantitative estimate of drug-likeness (QED) is 0.788. The van der Waals surface area contributed by atoms with Gasteiger partial charge in [-0.05, 0) is 49.0 Å². The van der Waals surface area contributed by atoms with Crippen molar-refractivity contribution in [3.63, 3.8) is 0 Å². The fraction of sp³-hybridized carbons (Fsp3) is 0.500. The van der Waals surface area contributed by atoms with Gasteiger partial charge in [0.1, 0.15) is 0 Å². The highest BCUT2D eigenvalue weighted by Gasteiger charge is 2.32. The molecule has 1 aliphatic carbocycles. The Bertz CT molecular complexity index is 617. The van der Waals surface area contributed by atoms with Gasteiger partial charge in [0.05, 0.1) is 11.0 Å². The highest BCUT2D eigenvalue weighted by atomic mass is 32.1. The molecule has 3 rings (SSSR count). The third-order valence-corrected chi connectivity index (χ3v) is 4.42. The summed E-state index contributed by atoms with van der Waals surface area (Å²) in [6, 6.07) is 6.35. The summed E-state index contributed by atoms with van der Waals surface area (Å²) < 4.78 is 3.15. The van der Waals surface area contributed by atoms with E-state index >= 15 is 0 Å². The largest absolute Gasteiger partial charge is 0.331 e. The van der Waals surface area contributed by atoms with Gasteiger partial charge in [0, 0.05) is 6.54 Å². The normalized spacial score (nSPS) is 18.2. The molecule has 1 saturated carbocycles. The van der Waals surface area contributed by atoms with Crippen LogP contribution < -0.4 is 0 Å². The monoisotopic (exact) mass is 246 g/mol. The molecule has 17 heavy (non-hydrogen) atoms. The van der Waals surface area contributed by atoms with Crippen LogP contribution in [-0.4, -0.2) is 9.55 Å². The van der Waals surface area contributed by atoms with Crippen LogP contribution in [0.15, 0.2) is 18.2 Å². The second kappa shape index (κ2) is 3.70. The van der Waals surface area contributed by atoms with E-state index in [9.17, 15) is 0 Å². The molecule has 1 fully saturated rings. The Morgan fingerprint density at radius 2 is 2.18 bits per heavy atom. The number of H-pyrrole nitrogens is 1. The van der Waals surface area contributed by atoms with E-state index in [4.69, 9.17) is 12.2 Å². The summed E-state index contributed by atoms with van der Waals surface area (Å²) in [6.07, 6.45) is 4.02. The smallest absolute Gasteiger partial charge is 0.178 e. The molecule has 0 aliphatic heterocycles. The van der Waals surface area contributed by atoms with Gasteiger partial charge in [-0.1, -0.05) is 25.5 Å². The van der Waals surface area contributed by atoms with Gasteiger partial charge in [-0.25, -0.2) is 0 Å². The molecule has 2 nitrogen and oxygen atoms in total. The molecule has 0 amide bonds. The molecule has 2 aromatic rings. The van der Waals surface area contributed by atoms with Gasteiger partial charge in [0.25, 0.3) is 0 Å². The standard InChI is InChI=1S/C14H18N2S/c1-10-5-3-6-11-12(10)16(13(17)15-11)9-14(2)7-4-8-14/h3,5-6H,4,7-9H2,1-2H3,(H,15,17). The number of para-hydroxylation sites is 1. The molecule has 0 radical (unpaired) electrons. The van der Waals surface area contributed by atoms with Gasteiger partial charge >= 0.3 is 0 Å². The van der Waals surface area contributed by atoms with Crippen molar-refractivity contribution in [3.05, 3.63) is 28.5 Å². The molecule has 0 bridgehead atoms. The zero-order chi connectivity index (χ0) is 12.0. The van der Waals surface area contributed by atoms with E-state index in [0.717, 1.165) is 16.8 Å². The number of nitrogens with one attached hydrogen (secondary N) is 1. The van der Waals surface area contributed by atoms with Gasteiger partial charge in [-0.15, -0.1) is 0 Å². The number of nitrogens with zero attached hydrogens (tertiary/aromatic N) is 1. The molecular weight excluding hydrogens is 228 g/mol. The molecule has 1 N–H and O–H groups in total. The second-order valence-corrected chi connectivity index (χ2v) is 6.04. The number of imidazole rings is 1. The SMILES string of the molecule is Cc1cccc2[nH]c(=S)n(CC3(C)CCC3)c12. The Morgan fingerprint density at radius 3 is 2.82 bits per heavy atom. The number of hydrogen-bond acceptors (Lipinski definition) is 1. The van der Waals surface area contributed by atoms with Crippen LogP contribution in [0.3, 0.4) is 0 Å². The van der Waals surface area contributed by atoms with Crippen LogP contribution in [0, 0.1) is 17.1 Å². The van der Waals surface area contributed by atoms with Gasteiger partial charge in [0.15, 0.2) is 4.77 Å². The Morgan fingerprint density at radius 1 is 1.41 bits per heavy atom. The maximum absolute atomic E-state index is 5.46. The lowest BCUT2D eigenvalue weighted by atomic mass is 9.70. The summed E-state index contributed by atoms with van der Waals surface area (Å²) in [5.74, 6) is 0. The summed E-state index contributed by atoms with van der Waals surface area (Å²) in [5.41, 5.74) is 4.21. The average molecular weight is 246 g/mol. The van der Waals surface area contributed by atoms with Crippen molar-refractivity contribution in [2.24, 2.45) is 5.41 Å². The number of hydrogen-bond donors (Lipinski definition) is 1. The Labute approximate surface area is 107 Å². The van der Waals surface area contributed by atoms with Crippen LogP contribution in [-0.2, 0) is 6.54 Å². The summed E-state index contributed by atoms with van der Waals surface area (Å²) >= 11 is 5.46. The zero-order valence-corrected chi connectivity index (χ0v) is 11.2. The number of fused-ring (bicyclic) bond motifs is 1. The van der Waals surface area contributed by atoms with Crippen LogP contribution in [0.4, 0.5) is 0 Å². The molecule has 0 unspecified atom stereocenters. The fourth-order valence-electron chi connectivity index (χ4n) is 2.87. The lowest BCUT2D eigenvalue weighted by Crippen LogP contribution is -2.30. The van der Waals surface area contributed by atoms with E-state index in [1.165, 1.54) is 30.3 Å². The first kappa shape index (κ1) is 11.0. The molecule has 1 heterocycles. The minimum Gasteiger partial charge on any atom is -0.331 e. The lowest BCUT2D eigenvalue weighted by molar-refractivity contribution is 0.133. The molecule has 0 saturated heterocycles. The molecule has 90 valence electrons. The van der Waals surface area contributed by atoms with Crippen molar-refractivity contribution in [1.29, 1.82) is 0 Å². The molecular formula is C14H18N2S. The minimum absolute atomic E-state index is 0.454. The molecule has 3 heteroatoms. The third-order valence-electron chi connectivity index (χ3n) is 4.09. The summed E-state index contributed by atoms with van der Waals surface area (Å²) in [4.78, 5) is 3.32. The van der Waals surface area contributed by atoms with E-state index in [-0.39, 0.29) is 0 Å². The predicted molar refractivity (Wildman–Crippen MR) is 73.8 cm³/mol. The van der Waals surface area contributed by atoms with E-state index in [1.54, 1.807) is 0 Å². The Balaban J connectivity index is 2.15. The third kappa shape index (κ3) is 1.73. The molecule has 1 aromatic carbocycles. The van der Waals surface area contributed by atoms with Crippen molar-refractivity contribution in [1.82, 2.24) is 9.55 Å². The van der Waals surface area contributed by atoms with Gasteiger partial charge < -0.3 is 9.55 Å². The topological polar surface area (TPSA) is 20.7 Å². The molecule has 1 aliphatic rings. The van der Waals surface area contributed by atoms with Gasteiger partial charge in [-0.3, -0.25) is 0 Å². The van der Waals surface area contributed by atoms with Crippen LogP contribution in [0.2, 0.25) is 0 Å². The first-order chi connectivity index (χ1) is 8.09. The fourth-order valence-corrected chi connectivity index (χ4v) is 3.14. The van der Waals surface area contributed by atoms with Crippen molar-refractivity contribution in [2.45, 2.75) is 39.7 Å². The number of rotatable bonds is 2. The maximum atomic E-state index is 5.46. The number of benzene rings is 1. The average Bonchev–Trinajstić information content (AvgIpc) is 2.54. The van der Waals surface area contributed by atoms with Crippen molar-refractivity contribution in [2.75, 3.05) is 0 Å². The zero-order valence-electron chi connectivity index (χ0n) is 10.4. The number of aryl methyl sites for hydroxylation is 1. The van der Waals surface area contributed by atoms with Crippen molar-refractivity contribution in [3.8, 4) is 0 Å². The molecule has 1 aromatic heterocycles. The van der Waals surface area contributed by atoms with Crippen LogP contribution >= 0.6 is 12.2 Å². The van der Waals surface area contributed by atoms with Crippen molar-refractivity contribution < 1.29 is 0 Å². The summed E-state index contributed by atoms with van der Waals surface area (Å²) in [6.45, 7) is 5.58. The van der Waals surface area contributed by atoms with E-state index in [1.807, 2.05) is 0 Å². The van der Waals surface area contributed by atoms with Crippen molar-refractivity contribution >= 4 is 23.3 Å². The first-order valence-electron chi connectivity index (χ1n) is 6.27. The van der Waals surface area contributed by atoms with Crippen LogP contribution in [0.25, 0.3) is 11.0 Å². The molecule has 0 spiro atoms. The van der Waals surface area contributed by atoms with E-state index in [0.29, 0.717) is 5.41 Å². The summed E-state index contributed by atoms with van der Waals surface area (Å²) in [5, 5.41) is 0. The Kier molecular flexibility index (Phi) is 2.40. The van der Waals surface area contributed by atoms with E-state index < -0.39 is 0 Å².